The van der Waals surface area contributed by atoms with Gasteiger partial charge >= 0.3 is 0 Å². The molecule has 0 aromatic heterocycles. The number of nitrogens with one attached hydrogen (secondary N) is 1. The SMILES string of the molecule is CN1CCC2(CCN(C(=O)C(C)(C)Nc3ccccc3)CC2)C1. The van der Waals surface area contributed by atoms with Gasteiger partial charge in [-0.25, -0.2) is 0 Å². The van der Waals surface area contributed by atoms with Crippen LogP contribution in [-0.4, -0.2) is 54.5 Å². The number of carbonyl (C=O) groups excluding carboxylic acids is 1. The quantitative estimate of drug-likeness (QED) is 0.931. The molecule has 1 aromatic rings. The Balaban J connectivity index is 1.60. The Morgan fingerprint density at radius 2 is 1.70 bits per heavy atom. The molecule has 2 heterocycles. The molecule has 1 aromatic carbocycles. The van der Waals surface area contributed by atoms with Crippen LogP contribution in [0.2, 0.25) is 0 Å². The summed E-state index contributed by atoms with van der Waals surface area (Å²) in [4.78, 5) is 17.4. The second-order valence-electron chi connectivity index (χ2n) is 7.90. The summed E-state index contributed by atoms with van der Waals surface area (Å²) >= 11 is 0. The number of likely N-dealkylation sites (tertiary alicyclic amines) is 2. The van der Waals surface area contributed by atoms with Gasteiger partial charge in [-0.2, -0.15) is 0 Å². The Morgan fingerprint density at radius 3 is 2.26 bits per heavy atom. The lowest BCUT2D eigenvalue weighted by molar-refractivity contribution is -0.137. The van der Waals surface area contributed by atoms with Crippen LogP contribution in [0.25, 0.3) is 0 Å². The molecule has 0 bridgehead atoms. The molecule has 4 heteroatoms. The first-order chi connectivity index (χ1) is 10.9. The van der Waals surface area contributed by atoms with Gasteiger partial charge in [-0.15, -0.1) is 0 Å². The van der Waals surface area contributed by atoms with Crippen molar-refractivity contribution in [2.75, 3.05) is 38.5 Å². The number of benzene rings is 1. The Bertz CT molecular complexity index is 547. The van der Waals surface area contributed by atoms with Crippen LogP contribution in [0.15, 0.2) is 30.3 Å². The predicted molar refractivity (Wildman–Crippen MR) is 94.5 cm³/mol. The van der Waals surface area contributed by atoms with E-state index in [0.29, 0.717) is 5.41 Å². The number of hydrogen-bond acceptors (Lipinski definition) is 3. The first kappa shape index (κ1) is 16.3. The highest BCUT2D eigenvalue weighted by atomic mass is 16.2. The number of carbonyl (C=O) groups is 1. The number of amides is 1. The maximum atomic E-state index is 12.9. The van der Waals surface area contributed by atoms with Crippen LogP contribution in [0.1, 0.15) is 33.1 Å². The van der Waals surface area contributed by atoms with Gasteiger partial charge < -0.3 is 15.1 Å². The summed E-state index contributed by atoms with van der Waals surface area (Å²) in [5.74, 6) is 0.211. The van der Waals surface area contributed by atoms with E-state index in [9.17, 15) is 4.79 Å². The molecular formula is C19H29N3O. The van der Waals surface area contributed by atoms with E-state index in [2.05, 4.69) is 22.2 Å². The molecule has 0 unspecified atom stereocenters. The molecule has 1 N–H and O–H groups in total. The number of hydrogen-bond donors (Lipinski definition) is 1. The molecular weight excluding hydrogens is 286 g/mol. The topological polar surface area (TPSA) is 35.6 Å². The van der Waals surface area contributed by atoms with E-state index in [0.717, 1.165) is 31.6 Å². The molecule has 0 atom stereocenters. The fourth-order valence-electron chi connectivity index (χ4n) is 4.08. The molecule has 1 spiro atoms. The van der Waals surface area contributed by atoms with Crippen molar-refractivity contribution in [3.05, 3.63) is 30.3 Å². The van der Waals surface area contributed by atoms with Crippen molar-refractivity contribution in [3.63, 3.8) is 0 Å². The third kappa shape index (κ3) is 3.52. The van der Waals surface area contributed by atoms with Crippen LogP contribution < -0.4 is 5.32 Å². The van der Waals surface area contributed by atoms with Crippen molar-refractivity contribution in [1.82, 2.24) is 9.80 Å². The zero-order valence-electron chi connectivity index (χ0n) is 14.6. The average Bonchev–Trinajstić information content (AvgIpc) is 2.89. The van der Waals surface area contributed by atoms with Crippen molar-refractivity contribution in [2.45, 2.75) is 38.6 Å². The Kier molecular flexibility index (Phi) is 4.37. The van der Waals surface area contributed by atoms with Crippen LogP contribution in [0.3, 0.4) is 0 Å². The summed E-state index contributed by atoms with van der Waals surface area (Å²) in [6.45, 7) is 8.15. The van der Waals surface area contributed by atoms with Gasteiger partial charge in [-0.05, 0) is 64.3 Å². The summed E-state index contributed by atoms with van der Waals surface area (Å²) in [6, 6.07) is 9.99. The average molecular weight is 315 g/mol. The molecule has 0 aliphatic carbocycles. The van der Waals surface area contributed by atoms with Gasteiger partial charge in [0.05, 0.1) is 0 Å². The molecule has 2 aliphatic rings. The van der Waals surface area contributed by atoms with Gasteiger partial charge in [0, 0.05) is 25.3 Å². The third-order valence-corrected chi connectivity index (χ3v) is 5.51. The van der Waals surface area contributed by atoms with E-state index in [4.69, 9.17) is 0 Å². The van der Waals surface area contributed by atoms with Crippen LogP contribution in [-0.2, 0) is 4.79 Å². The number of anilines is 1. The molecule has 2 saturated heterocycles. The Morgan fingerprint density at radius 1 is 1.09 bits per heavy atom. The largest absolute Gasteiger partial charge is 0.372 e. The number of piperidine rings is 1. The van der Waals surface area contributed by atoms with Gasteiger partial charge in [-0.3, -0.25) is 4.79 Å². The fraction of sp³-hybridized carbons (Fsp3) is 0.632. The predicted octanol–water partition coefficient (Wildman–Crippen LogP) is 2.82. The molecule has 0 radical (unpaired) electrons. The highest BCUT2D eigenvalue weighted by Gasteiger charge is 2.42. The monoisotopic (exact) mass is 315 g/mol. The first-order valence-corrected chi connectivity index (χ1v) is 8.71. The second kappa shape index (κ2) is 6.16. The lowest BCUT2D eigenvalue weighted by atomic mass is 9.77. The molecule has 2 aliphatic heterocycles. The smallest absolute Gasteiger partial charge is 0.247 e. The van der Waals surface area contributed by atoms with Gasteiger partial charge in [0.1, 0.15) is 5.54 Å². The minimum atomic E-state index is -0.571. The molecule has 23 heavy (non-hydrogen) atoms. The van der Waals surface area contributed by atoms with Crippen molar-refractivity contribution in [3.8, 4) is 0 Å². The minimum absolute atomic E-state index is 0.211. The lowest BCUT2D eigenvalue weighted by Crippen LogP contribution is -2.53. The molecule has 4 nitrogen and oxygen atoms in total. The molecule has 1 amide bonds. The molecule has 3 rings (SSSR count). The van der Waals surface area contributed by atoms with Crippen LogP contribution in [0, 0.1) is 5.41 Å². The van der Waals surface area contributed by atoms with E-state index in [1.807, 2.05) is 44.2 Å². The minimum Gasteiger partial charge on any atom is -0.372 e. The van der Waals surface area contributed by atoms with Crippen molar-refractivity contribution in [1.29, 1.82) is 0 Å². The lowest BCUT2D eigenvalue weighted by Gasteiger charge is -2.42. The van der Waals surface area contributed by atoms with Gasteiger partial charge in [0.15, 0.2) is 0 Å². The van der Waals surface area contributed by atoms with Crippen molar-refractivity contribution < 1.29 is 4.79 Å². The standard InChI is InChI=1S/C19H29N3O/c1-18(2,20-16-7-5-4-6-8-16)17(23)22-13-10-19(11-14-22)9-12-21(3)15-19/h4-8,20H,9-15H2,1-3H3. The summed E-state index contributed by atoms with van der Waals surface area (Å²) in [7, 11) is 2.21. The number of rotatable bonds is 3. The summed E-state index contributed by atoms with van der Waals surface area (Å²) < 4.78 is 0. The molecule has 2 fully saturated rings. The molecule has 126 valence electrons. The zero-order chi connectivity index (χ0) is 16.5. The van der Waals surface area contributed by atoms with Crippen LogP contribution in [0.4, 0.5) is 5.69 Å². The number of para-hydroxylation sites is 1. The maximum absolute atomic E-state index is 12.9. The molecule has 0 saturated carbocycles. The maximum Gasteiger partial charge on any atom is 0.247 e. The van der Waals surface area contributed by atoms with Crippen molar-refractivity contribution >= 4 is 11.6 Å². The van der Waals surface area contributed by atoms with Gasteiger partial charge in [0.2, 0.25) is 5.91 Å². The summed E-state index contributed by atoms with van der Waals surface area (Å²) in [5.41, 5.74) is 0.887. The second-order valence-corrected chi connectivity index (χ2v) is 7.90. The summed E-state index contributed by atoms with van der Waals surface area (Å²) in [5, 5.41) is 3.38. The van der Waals surface area contributed by atoms with E-state index in [1.54, 1.807) is 0 Å². The van der Waals surface area contributed by atoms with Gasteiger partial charge in [0.25, 0.3) is 0 Å². The van der Waals surface area contributed by atoms with Gasteiger partial charge in [-0.1, -0.05) is 18.2 Å². The van der Waals surface area contributed by atoms with Crippen molar-refractivity contribution in [2.24, 2.45) is 5.41 Å². The van der Waals surface area contributed by atoms with E-state index in [1.165, 1.54) is 19.5 Å². The highest BCUT2D eigenvalue weighted by Crippen LogP contribution is 2.40. The third-order valence-electron chi connectivity index (χ3n) is 5.51. The van der Waals surface area contributed by atoms with Crippen LogP contribution >= 0.6 is 0 Å². The summed E-state index contributed by atoms with van der Waals surface area (Å²) in [6.07, 6.45) is 3.58. The van der Waals surface area contributed by atoms with E-state index < -0.39 is 5.54 Å². The zero-order valence-corrected chi connectivity index (χ0v) is 14.6. The van der Waals surface area contributed by atoms with E-state index in [-0.39, 0.29) is 5.91 Å². The highest BCUT2D eigenvalue weighted by molar-refractivity contribution is 5.88. The number of nitrogens with zero attached hydrogens (tertiary/aromatic N) is 2. The normalized spacial score (nSPS) is 21.6. The van der Waals surface area contributed by atoms with E-state index >= 15 is 0 Å². The fourth-order valence-corrected chi connectivity index (χ4v) is 4.08. The first-order valence-electron chi connectivity index (χ1n) is 8.71. The Hall–Kier alpha value is -1.55. The van der Waals surface area contributed by atoms with Crippen LogP contribution in [0.5, 0.6) is 0 Å². The Labute approximate surface area is 139 Å².